The molecule has 4 rings (SSSR count). The molecular weight excluding hydrogens is 324 g/mol. The van der Waals surface area contributed by atoms with E-state index in [1.807, 2.05) is 20.8 Å². The van der Waals surface area contributed by atoms with Crippen molar-refractivity contribution in [2.75, 3.05) is 13.1 Å². The second-order valence-corrected chi connectivity index (χ2v) is 8.63. The molecule has 4 nitrogen and oxygen atoms in total. The van der Waals surface area contributed by atoms with Crippen molar-refractivity contribution < 1.29 is 9.53 Å². The van der Waals surface area contributed by atoms with Gasteiger partial charge in [0, 0.05) is 30.2 Å². The van der Waals surface area contributed by atoms with E-state index in [4.69, 9.17) is 4.74 Å². The largest absolute Gasteiger partial charge is 0.444 e. The van der Waals surface area contributed by atoms with Gasteiger partial charge in [-0.2, -0.15) is 0 Å². The van der Waals surface area contributed by atoms with Crippen LogP contribution in [0.3, 0.4) is 0 Å². The molecule has 1 N–H and O–H groups in total. The normalized spacial score (nSPS) is 18.1. The number of aromatic nitrogens is 1. The topological polar surface area (TPSA) is 45.3 Å². The van der Waals surface area contributed by atoms with Crippen LogP contribution >= 0.6 is 0 Å². The van der Waals surface area contributed by atoms with Gasteiger partial charge in [0.25, 0.3) is 0 Å². The molecule has 2 heterocycles. The summed E-state index contributed by atoms with van der Waals surface area (Å²) in [4.78, 5) is 17.4. The first kappa shape index (κ1) is 17.2. The van der Waals surface area contributed by atoms with Gasteiger partial charge in [0.1, 0.15) is 5.60 Å². The van der Waals surface area contributed by atoms with Crippen LogP contribution in [0.4, 0.5) is 4.79 Å². The molecule has 1 saturated carbocycles. The van der Waals surface area contributed by atoms with Crippen molar-refractivity contribution >= 4 is 22.6 Å². The highest BCUT2D eigenvalue weighted by atomic mass is 16.6. The SMILES string of the molecule is CC(C)(C)OC(=O)N1CC=C(c2ccc3[nH]cc(CC4CC4)c3c2)CC1. The van der Waals surface area contributed by atoms with Crippen LogP contribution in [-0.2, 0) is 11.2 Å². The zero-order chi connectivity index (χ0) is 18.3. The Morgan fingerprint density at radius 1 is 1.31 bits per heavy atom. The number of nitrogens with one attached hydrogen (secondary N) is 1. The monoisotopic (exact) mass is 352 g/mol. The van der Waals surface area contributed by atoms with Crippen molar-refractivity contribution in [3.63, 3.8) is 0 Å². The lowest BCUT2D eigenvalue weighted by Gasteiger charge is -2.29. The fourth-order valence-electron chi connectivity index (χ4n) is 3.60. The minimum atomic E-state index is -0.446. The van der Waals surface area contributed by atoms with E-state index in [-0.39, 0.29) is 6.09 Å². The molecular formula is C22H28N2O2. The van der Waals surface area contributed by atoms with E-state index in [1.54, 1.807) is 4.90 Å². The summed E-state index contributed by atoms with van der Waals surface area (Å²) < 4.78 is 5.48. The molecule has 0 saturated heterocycles. The Morgan fingerprint density at radius 3 is 2.77 bits per heavy atom. The Bertz CT molecular complexity index is 853. The second kappa shape index (κ2) is 6.49. The van der Waals surface area contributed by atoms with Crippen molar-refractivity contribution in [3.8, 4) is 0 Å². The number of rotatable bonds is 3. The van der Waals surface area contributed by atoms with Crippen molar-refractivity contribution in [2.24, 2.45) is 5.92 Å². The van der Waals surface area contributed by atoms with Crippen LogP contribution in [0.15, 0.2) is 30.5 Å². The van der Waals surface area contributed by atoms with Crippen LogP contribution in [0.5, 0.6) is 0 Å². The van der Waals surface area contributed by atoms with E-state index in [2.05, 4.69) is 35.5 Å². The van der Waals surface area contributed by atoms with Crippen molar-refractivity contribution in [3.05, 3.63) is 41.6 Å². The number of carbonyl (C=O) groups is 1. The summed E-state index contributed by atoms with van der Waals surface area (Å²) in [6, 6.07) is 6.69. The average Bonchev–Trinajstić information content (AvgIpc) is 3.33. The standard InChI is InChI=1S/C22H28N2O2/c1-22(2,3)26-21(25)24-10-8-16(9-11-24)17-6-7-20-19(13-17)18(14-23-20)12-15-4-5-15/h6-8,13-15,23H,4-5,9-12H2,1-3H3. The van der Waals surface area contributed by atoms with Gasteiger partial charge in [-0.1, -0.05) is 12.1 Å². The number of amides is 1. The maximum absolute atomic E-state index is 12.2. The van der Waals surface area contributed by atoms with Crippen LogP contribution in [0, 0.1) is 5.92 Å². The number of benzene rings is 1. The van der Waals surface area contributed by atoms with Crippen molar-refractivity contribution in [2.45, 2.75) is 52.1 Å². The smallest absolute Gasteiger partial charge is 0.410 e. The van der Waals surface area contributed by atoms with E-state index in [1.165, 1.54) is 46.9 Å². The van der Waals surface area contributed by atoms with Gasteiger partial charge in [0.2, 0.25) is 0 Å². The van der Waals surface area contributed by atoms with Gasteiger partial charge in [-0.25, -0.2) is 4.79 Å². The first-order valence-corrected chi connectivity index (χ1v) is 9.66. The Balaban J connectivity index is 1.50. The van der Waals surface area contributed by atoms with Gasteiger partial charge < -0.3 is 14.6 Å². The van der Waals surface area contributed by atoms with E-state index >= 15 is 0 Å². The molecule has 1 aliphatic carbocycles. The molecule has 0 unspecified atom stereocenters. The van der Waals surface area contributed by atoms with E-state index in [9.17, 15) is 4.79 Å². The first-order valence-electron chi connectivity index (χ1n) is 9.66. The van der Waals surface area contributed by atoms with Crippen molar-refractivity contribution in [1.29, 1.82) is 0 Å². The maximum Gasteiger partial charge on any atom is 0.410 e. The lowest BCUT2D eigenvalue weighted by atomic mass is 9.97. The van der Waals surface area contributed by atoms with Crippen LogP contribution < -0.4 is 0 Å². The first-order chi connectivity index (χ1) is 12.4. The number of ether oxygens (including phenoxy) is 1. The summed E-state index contributed by atoms with van der Waals surface area (Å²) in [7, 11) is 0. The number of aromatic amines is 1. The number of nitrogens with zero attached hydrogens (tertiary/aromatic N) is 1. The highest BCUT2D eigenvalue weighted by molar-refractivity contribution is 5.87. The average molecular weight is 352 g/mol. The molecule has 1 aliphatic heterocycles. The second-order valence-electron chi connectivity index (χ2n) is 8.63. The highest BCUT2D eigenvalue weighted by Gasteiger charge is 2.25. The lowest BCUT2D eigenvalue weighted by molar-refractivity contribution is 0.0270. The summed E-state index contributed by atoms with van der Waals surface area (Å²) in [6.45, 7) is 7.04. The Hall–Kier alpha value is -2.23. The number of fused-ring (bicyclic) bond motifs is 1. The Morgan fingerprint density at radius 2 is 2.12 bits per heavy atom. The van der Waals surface area contributed by atoms with E-state index in [0.29, 0.717) is 13.1 Å². The lowest BCUT2D eigenvalue weighted by Crippen LogP contribution is -2.39. The van der Waals surface area contributed by atoms with Gasteiger partial charge in [-0.15, -0.1) is 0 Å². The van der Waals surface area contributed by atoms with Gasteiger partial charge in [0.05, 0.1) is 0 Å². The summed E-state index contributed by atoms with van der Waals surface area (Å²) >= 11 is 0. The summed E-state index contributed by atoms with van der Waals surface area (Å²) in [5.74, 6) is 0.883. The molecule has 4 heteroatoms. The number of hydrogen-bond acceptors (Lipinski definition) is 2. The zero-order valence-electron chi connectivity index (χ0n) is 16.0. The van der Waals surface area contributed by atoms with Crippen LogP contribution in [0.2, 0.25) is 0 Å². The Labute approximate surface area is 155 Å². The fourth-order valence-corrected chi connectivity index (χ4v) is 3.60. The third-order valence-electron chi connectivity index (χ3n) is 5.20. The molecule has 1 fully saturated rings. The number of hydrogen-bond donors (Lipinski definition) is 1. The Kier molecular flexibility index (Phi) is 4.29. The number of H-pyrrole nitrogens is 1. The predicted molar refractivity (Wildman–Crippen MR) is 105 cm³/mol. The number of carbonyl (C=O) groups excluding carboxylic acids is 1. The molecule has 0 radical (unpaired) electrons. The van der Waals surface area contributed by atoms with Gasteiger partial charge in [0.15, 0.2) is 0 Å². The summed E-state index contributed by atoms with van der Waals surface area (Å²) in [5.41, 5.74) is 4.81. The van der Waals surface area contributed by atoms with Gasteiger partial charge >= 0.3 is 6.09 Å². The van der Waals surface area contributed by atoms with E-state index < -0.39 is 5.60 Å². The molecule has 1 aromatic heterocycles. The fraction of sp³-hybridized carbons (Fsp3) is 0.500. The third kappa shape index (κ3) is 3.79. The quantitative estimate of drug-likeness (QED) is 0.831. The molecule has 138 valence electrons. The maximum atomic E-state index is 12.2. The van der Waals surface area contributed by atoms with Crippen LogP contribution in [-0.4, -0.2) is 34.7 Å². The minimum Gasteiger partial charge on any atom is -0.444 e. The molecule has 0 atom stereocenters. The molecule has 1 aromatic carbocycles. The molecule has 2 aromatic rings. The third-order valence-corrected chi connectivity index (χ3v) is 5.20. The van der Waals surface area contributed by atoms with Crippen LogP contribution in [0.25, 0.3) is 16.5 Å². The molecule has 0 bridgehead atoms. The summed E-state index contributed by atoms with van der Waals surface area (Å²) in [6.07, 6.45) is 8.92. The molecule has 2 aliphatic rings. The zero-order valence-corrected chi connectivity index (χ0v) is 16.0. The summed E-state index contributed by atoms with van der Waals surface area (Å²) in [5, 5.41) is 1.35. The predicted octanol–water partition coefficient (Wildman–Crippen LogP) is 5.14. The molecule has 1 amide bonds. The molecule has 0 spiro atoms. The molecule has 26 heavy (non-hydrogen) atoms. The van der Waals surface area contributed by atoms with Crippen LogP contribution in [0.1, 0.15) is 51.2 Å². The van der Waals surface area contributed by atoms with Gasteiger partial charge in [-0.05, 0) is 81.2 Å². The van der Waals surface area contributed by atoms with Crippen molar-refractivity contribution in [1.82, 2.24) is 9.88 Å². The van der Waals surface area contributed by atoms with E-state index in [0.717, 1.165) is 12.3 Å². The minimum absolute atomic E-state index is 0.222. The highest BCUT2D eigenvalue weighted by Crippen LogP contribution is 2.35. The van der Waals surface area contributed by atoms with Gasteiger partial charge in [-0.3, -0.25) is 0 Å².